The van der Waals surface area contributed by atoms with Crippen molar-refractivity contribution < 1.29 is 14.3 Å². The van der Waals surface area contributed by atoms with Crippen molar-refractivity contribution >= 4 is 17.6 Å². The molecule has 19 heavy (non-hydrogen) atoms. The maximum atomic E-state index is 11.8. The van der Waals surface area contributed by atoms with Crippen molar-refractivity contribution in [1.29, 1.82) is 0 Å². The maximum absolute atomic E-state index is 11.8. The number of carbonyl (C=O) groups excluding carboxylic acids is 2. The summed E-state index contributed by atoms with van der Waals surface area (Å²) < 4.78 is 4.61. The first-order chi connectivity index (χ1) is 9.06. The molecule has 1 unspecified atom stereocenters. The SMILES string of the molecule is CCCC(C)CC(=O)Nc1ccc(C(=O)OC)cc1. The molecule has 4 heteroatoms. The van der Waals surface area contributed by atoms with Crippen molar-refractivity contribution in [3.05, 3.63) is 29.8 Å². The monoisotopic (exact) mass is 263 g/mol. The molecule has 4 nitrogen and oxygen atoms in total. The molecule has 1 rings (SSSR count). The third-order valence-electron chi connectivity index (χ3n) is 2.91. The molecule has 1 aromatic rings. The average Bonchev–Trinajstić information content (AvgIpc) is 2.38. The van der Waals surface area contributed by atoms with E-state index >= 15 is 0 Å². The Bertz CT molecular complexity index is 426. The number of rotatable bonds is 6. The zero-order chi connectivity index (χ0) is 14.3. The molecule has 0 aliphatic heterocycles. The Morgan fingerprint density at radius 1 is 1.26 bits per heavy atom. The van der Waals surface area contributed by atoms with Crippen molar-refractivity contribution in [3.63, 3.8) is 0 Å². The predicted molar refractivity (Wildman–Crippen MR) is 75.1 cm³/mol. The number of hydrogen-bond donors (Lipinski definition) is 1. The highest BCUT2D eigenvalue weighted by atomic mass is 16.5. The van der Waals surface area contributed by atoms with Gasteiger partial charge in [0.15, 0.2) is 0 Å². The minimum absolute atomic E-state index is 0.00627. The van der Waals surface area contributed by atoms with Crippen molar-refractivity contribution in [3.8, 4) is 0 Å². The highest BCUT2D eigenvalue weighted by molar-refractivity contribution is 5.93. The average molecular weight is 263 g/mol. The number of ether oxygens (including phenoxy) is 1. The van der Waals surface area contributed by atoms with Crippen LogP contribution in [0, 0.1) is 5.92 Å². The van der Waals surface area contributed by atoms with E-state index in [1.807, 2.05) is 0 Å². The summed E-state index contributed by atoms with van der Waals surface area (Å²) in [6.07, 6.45) is 2.66. The topological polar surface area (TPSA) is 55.4 Å². The number of esters is 1. The van der Waals surface area contributed by atoms with Gasteiger partial charge in [0.25, 0.3) is 0 Å². The maximum Gasteiger partial charge on any atom is 0.337 e. The lowest BCUT2D eigenvalue weighted by molar-refractivity contribution is -0.117. The van der Waals surface area contributed by atoms with Crippen LogP contribution in [0.3, 0.4) is 0 Å². The van der Waals surface area contributed by atoms with E-state index in [1.165, 1.54) is 7.11 Å². The highest BCUT2D eigenvalue weighted by Gasteiger charge is 2.09. The number of nitrogens with one attached hydrogen (secondary N) is 1. The minimum atomic E-state index is -0.380. The van der Waals surface area contributed by atoms with Gasteiger partial charge in [-0.05, 0) is 30.2 Å². The van der Waals surface area contributed by atoms with E-state index in [-0.39, 0.29) is 11.9 Å². The molecule has 1 aromatic carbocycles. The van der Waals surface area contributed by atoms with Gasteiger partial charge in [0.05, 0.1) is 12.7 Å². The summed E-state index contributed by atoms with van der Waals surface area (Å²) in [5.74, 6) is 0.0144. The van der Waals surface area contributed by atoms with Crippen molar-refractivity contribution in [2.45, 2.75) is 33.1 Å². The van der Waals surface area contributed by atoms with Crippen LogP contribution in [0.25, 0.3) is 0 Å². The molecular weight excluding hydrogens is 242 g/mol. The first-order valence-electron chi connectivity index (χ1n) is 6.55. The molecular formula is C15H21NO3. The van der Waals surface area contributed by atoms with E-state index in [4.69, 9.17) is 0 Å². The first kappa shape index (κ1) is 15.2. The van der Waals surface area contributed by atoms with Crippen LogP contribution in [-0.2, 0) is 9.53 Å². The lowest BCUT2D eigenvalue weighted by atomic mass is 10.0. The molecule has 0 saturated heterocycles. The molecule has 104 valence electrons. The standard InChI is InChI=1S/C15H21NO3/c1-4-5-11(2)10-14(17)16-13-8-6-12(7-9-13)15(18)19-3/h6-9,11H,4-5,10H2,1-3H3,(H,16,17). The molecule has 0 aromatic heterocycles. The highest BCUT2D eigenvalue weighted by Crippen LogP contribution is 2.14. The van der Waals surface area contributed by atoms with E-state index < -0.39 is 0 Å². The number of benzene rings is 1. The molecule has 1 N–H and O–H groups in total. The molecule has 0 aliphatic rings. The van der Waals surface area contributed by atoms with Crippen LogP contribution < -0.4 is 5.32 Å². The molecule has 0 spiro atoms. The number of methoxy groups -OCH3 is 1. The van der Waals surface area contributed by atoms with E-state index in [1.54, 1.807) is 24.3 Å². The molecule has 0 saturated carbocycles. The number of hydrogen-bond acceptors (Lipinski definition) is 3. The molecule has 0 aliphatic carbocycles. The van der Waals surface area contributed by atoms with Crippen molar-refractivity contribution in [2.75, 3.05) is 12.4 Å². The molecule has 0 fully saturated rings. The third kappa shape index (κ3) is 5.12. The van der Waals surface area contributed by atoms with Crippen LogP contribution >= 0.6 is 0 Å². The zero-order valence-electron chi connectivity index (χ0n) is 11.7. The Labute approximate surface area is 114 Å². The summed E-state index contributed by atoms with van der Waals surface area (Å²) in [4.78, 5) is 23.0. The Balaban J connectivity index is 2.53. The van der Waals surface area contributed by atoms with Gasteiger partial charge in [-0.15, -0.1) is 0 Å². The largest absolute Gasteiger partial charge is 0.465 e. The van der Waals surface area contributed by atoms with E-state index in [9.17, 15) is 9.59 Å². The van der Waals surface area contributed by atoms with Gasteiger partial charge < -0.3 is 10.1 Å². The first-order valence-corrected chi connectivity index (χ1v) is 6.55. The smallest absolute Gasteiger partial charge is 0.337 e. The number of anilines is 1. The fourth-order valence-corrected chi connectivity index (χ4v) is 1.93. The Morgan fingerprint density at radius 2 is 1.89 bits per heavy atom. The van der Waals surface area contributed by atoms with Crippen LogP contribution in [0.1, 0.15) is 43.5 Å². The summed E-state index contributed by atoms with van der Waals surface area (Å²) in [5.41, 5.74) is 1.17. The summed E-state index contributed by atoms with van der Waals surface area (Å²) >= 11 is 0. The number of amides is 1. The summed E-state index contributed by atoms with van der Waals surface area (Å²) in [5, 5.41) is 2.82. The Kier molecular flexibility index (Phi) is 6.06. The molecule has 1 atom stereocenters. The fourth-order valence-electron chi connectivity index (χ4n) is 1.93. The van der Waals surface area contributed by atoms with E-state index in [0.717, 1.165) is 12.8 Å². The van der Waals surface area contributed by atoms with Crippen LogP contribution in [-0.4, -0.2) is 19.0 Å². The van der Waals surface area contributed by atoms with Gasteiger partial charge in [0.1, 0.15) is 0 Å². The molecule has 0 radical (unpaired) electrons. The zero-order valence-corrected chi connectivity index (χ0v) is 11.7. The van der Waals surface area contributed by atoms with Gasteiger partial charge in [-0.25, -0.2) is 4.79 Å². The van der Waals surface area contributed by atoms with Gasteiger partial charge in [-0.1, -0.05) is 26.7 Å². The van der Waals surface area contributed by atoms with E-state index in [2.05, 4.69) is 23.9 Å². The molecule has 0 heterocycles. The fraction of sp³-hybridized carbons (Fsp3) is 0.467. The second-order valence-electron chi connectivity index (χ2n) is 4.72. The predicted octanol–water partition coefficient (Wildman–Crippen LogP) is 3.24. The van der Waals surface area contributed by atoms with Crippen LogP contribution in [0.4, 0.5) is 5.69 Å². The van der Waals surface area contributed by atoms with Crippen molar-refractivity contribution in [2.24, 2.45) is 5.92 Å². The second-order valence-corrected chi connectivity index (χ2v) is 4.72. The summed E-state index contributed by atoms with van der Waals surface area (Å²) in [6, 6.07) is 6.68. The second kappa shape index (κ2) is 7.56. The molecule has 1 amide bonds. The molecule has 0 bridgehead atoms. The van der Waals surface area contributed by atoms with Gasteiger partial charge in [0.2, 0.25) is 5.91 Å². The number of carbonyl (C=O) groups is 2. The van der Waals surface area contributed by atoms with Crippen LogP contribution in [0.2, 0.25) is 0 Å². The van der Waals surface area contributed by atoms with Gasteiger partial charge >= 0.3 is 5.97 Å². The van der Waals surface area contributed by atoms with Crippen LogP contribution in [0.5, 0.6) is 0 Å². The van der Waals surface area contributed by atoms with Crippen LogP contribution in [0.15, 0.2) is 24.3 Å². The van der Waals surface area contributed by atoms with Crippen molar-refractivity contribution in [1.82, 2.24) is 0 Å². The van der Waals surface area contributed by atoms with Gasteiger partial charge in [-0.3, -0.25) is 4.79 Å². The Morgan fingerprint density at radius 3 is 2.42 bits per heavy atom. The van der Waals surface area contributed by atoms with Gasteiger partial charge in [-0.2, -0.15) is 0 Å². The quantitative estimate of drug-likeness (QED) is 0.802. The summed E-state index contributed by atoms with van der Waals surface area (Å²) in [7, 11) is 1.34. The van der Waals surface area contributed by atoms with E-state index in [0.29, 0.717) is 23.6 Å². The lowest BCUT2D eigenvalue weighted by Crippen LogP contribution is -2.15. The van der Waals surface area contributed by atoms with Gasteiger partial charge in [0, 0.05) is 12.1 Å². The minimum Gasteiger partial charge on any atom is -0.465 e. The normalized spacial score (nSPS) is 11.7. The third-order valence-corrected chi connectivity index (χ3v) is 2.91. The lowest BCUT2D eigenvalue weighted by Gasteiger charge is -2.10. The summed E-state index contributed by atoms with van der Waals surface area (Å²) in [6.45, 7) is 4.18. The Hall–Kier alpha value is -1.84.